The molecule has 11 heteroatoms. The summed E-state index contributed by atoms with van der Waals surface area (Å²) in [6.45, 7) is 2.10. The zero-order valence-electron chi connectivity index (χ0n) is 24.6. The van der Waals surface area contributed by atoms with Crippen LogP contribution in [0.25, 0.3) is 39.2 Å². The van der Waals surface area contributed by atoms with Crippen LogP contribution in [0.4, 0.5) is 17.3 Å². The first-order valence-electron chi connectivity index (χ1n) is 14.7. The van der Waals surface area contributed by atoms with Crippen molar-refractivity contribution in [3.63, 3.8) is 0 Å². The lowest BCUT2D eigenvalue weighted by Crippen LogP contribution is -2.41. The number of hydrogen-bond donors (Lipinski definition) is 2. The van der Waals surface area contributed by atoms with Gasteiger partial charge >= 0.3 is 0 Å². The van der Waals surface area contributed by atoms with Crippen LogP contribution >= 0.6 is 0 Å². The zero-order chi connectivity index (χ0) is 30.0. The average Bonchev–Trinajstić information content (AvgIpc) is 3.51. The summed E-state index contributed by atoms with van der Waals surface area (Å²) in [5, 5.41) is 20.0. The number of para-hydroxylation sites is 1. The Morgan fingerprint density at radius 3 is 2.36 bits per heavy atom. The van der Waals surface area contributed by atoms with E-state index in [1.54, 1.807) is 17.8 Å². The number of aryl methyl sites for hydroxylation is 1. The maximum Gasteiger partial charge on any atom is 0.264 e. The van der Waals surface area contributed by atoms with Crippen LogP contribution in [0.3, 0.4) is 0 Å². The second-order valence-corrected chi connectivity index (χ2v) is 10.9. The van der Waals surface area contributed by atoms with Gasteiger partial charge in [0.1, 0.15) is 0 Å². The Morgan fingerprint density at radius 1 is 0.909 bits per heavy atom. The van der Waals surface area contributed by atoms with Crippen LogP contribution in [0.2, 0.25) is 0 Å². The molecule has 1 aliphatic rings. The highest BCUT2D eigenvalue weighted by Crippen LogP contribution is 2.30. The number of tetrazole rings is 1. The van der Waals surface area contributed by atoms with Gasteiger partial charge in [0, 0.05) is 47.2 Å². The summed E-state index contributed by atoms with van der Waals surface area (Å²) < 4.78 is 1.63. The first kappa shape index (κ1) is 27.4. The highest BCUT2D eigenvalue weighted by Gasteiger charge is 2.20. The Labute approximate surface area is 254 Å². The van der Waals surface area contributed by atoms with Crippen molar-refractivity contribution in [1.29, 1.82) is 0 Å². The summed E-state index contributed by atoms with van der Waals surface area (Å²) >= 11 is 0. The van der Waals surface area contributed by atoms with Gasteiger partial charge in [0.15, 0.2) is 5.65 Å². The number of pyridine rings is 1. The van der Waals surface area contributed by atoms with Crippen LogP contribution in [0.15, 0.2) is 95.9 Å². The van der Waals surface area contributed by atoms with Crippen molar-refractivity contribution < 1.29 is 0 Å². The summed E-state index contributed by atoms with van der Waals surface area (Å²) in [7, 11) is 3.87. The topological polar surface area (TPSA) is 119 Å². The van der Waals surface area contributed by atoms with E-state index in [2.05, 4.69) is 55.1 Å². The molecule has 0 saturated carbocycles. The average molecular weight is 585 g/mol. The molecule has 7 rings (SSSR count). The molecule has 3 aromatic heterocycles. The molecule has 0 atom stereocenters. The van der Waals surface area contributed by atoms with E-state index in [4.69, 9.17) is 4.98 Å². The van der Waals surface area contributed by atoms with Crippen molar-refractivity contribution in [1.82, 2.24) is 40.1 Å². The summed E-state index contributed by atoms with van der Waals surface area (Å²) in [6.07, 6.45) is 4.01. The first-order valence-corrected chi connectivity index (χ1v) is 14.7. The lowest BCUT2D eigenvalue weighted by Gasteiger charge is -2.33. The minimum atomic E-state index is -0.213. The SMILES string of the molecule is CN(c1ccc(Nc2ncc3cc(-c4ccccc4-c4nnn(C)n4)c(=O)n(-c4ccccc4)c3n2)cc1)C1CCNCC1. The van der Waals surface area contributed by atoms with Gasteiger partial charge in [-0.25, -0.2) is 4.98 Å². The van der Waals surface area contributed by atoms with Crippen molar-refractivity contribution >= 4 is 28.4 Å². The predicted molar refractivity (Wildman–Crippen MR) is 172 cm³/mol. The number of nitrogens with one attached hydrogen (secondary N) is 2. The predicted octanol–water partition coefficient (Wildman–Crippen LogP) is 4.57. The molecule has 3 aromatic carbocycles. The van der Waals surface area contributed by atoms with Gasteiger partial charge < -0.3 is 15.5 Å². The van der Waals surface area contributed by atoms with Gasteiger partial charge in [-0.3, -0.25) is 9.36 Å². The normalized spacial score (nSPS) is 13.7. The maximum absolute atomic E-state index is 14.3. The minimum absolute atomic E-state index is 0.213. The molecule has 0 spiro atoms. The van der Waals surface area contributed by atoms with Crippen LogP contribution in [0.1, 0.15) is 12.8 Å². The molecule has 2 N–H and O–H groups in total. The van der Waals surface area contributed by atoms with E-state index in [-0.39, 0.29) is 5.56 Å². The molecule has 4 heterocycles. The molecule has 0 bridgehead atoms. The van der Waals surface area contributed by atoms with E-state index < -0.39 is 0 Å². The van der Waals surface area contributed by atoms with E-state index in [0.717, 1.165) is 37.0 Å². The van der Waals surface area contributed by atoms with E-state index in [1.165, 1.54) is 10.5 Å². The Balaban J connectivity index is 1.28. The smallest absolute Gasteiger partial charge is 0.264 e. The number of piperidine rings is 1. The molecular weight excluding hydrogens is 552 g/mol. The fourth-order valence-electron chi connectivity index (χ4n) is 5.79. The molecular formula is C33H32N10O. The molecule has 44 heavy (non-hydrogen) atoms. The highest BCUT2D eigenvalue weighted by molar-refractivity contribution is 5.87. The van der Waals surface area contributed by atoms with E-state index in [1.807, 2.05) is 72.8 Å². The maximum atomic E-state index is 14.3. The second-order valence-electron chi connectivity index (χ2n) is 10.9. The first-order chi connectivity index (χ1) is 21.5. The Hall–Kier alpha value is -5.42. The molecule has 11 nitrogen and oxygen atoms in total. The van der Waals surface area contributed by atoms with Gasteiger partial charge in [-0.2, -0.15) is 9.78 Å². The van der Waals surface area contributed by atoms with Crippen molar-refractivity contribution in [3.8, 4) is 28.2 Å². The van der Waals surface area contributed by atoms with Gasteiger partial charge in [0.05, 0.1) is 12.7 Å². The summed E-state index contributed by atoms with van der Waals surface area (Å²) in [5.74, 6) is 0.843. The Bertz CT molecular complexity index is 1980. The van der Waals surface area contributed by atoms with Crippen molar-refractivity contribution in [3.05, 3.63) is 101 Å². The third-order valence-corrected chi connectivity index (χ3v) is 8.11. The number of rotatable bonds is 7. The Morgan fingerprint density at radius 2 is 1.64 bits per heavy atom. The highest BCUT2D eigenvalue weighted by atomic mass is 16.1. The summed E-state index contributed by atoms with van der Waals surface area (Å²) in [6, 6.07) is 27.7. The van der Waals surface area contributed by atoms with Crippen molar-refractivity contribution in [2.75, 3.05) is 30.4 Å². The van der Waals surface area contributed by atoms with Gasteiger partial charge in [-0.1, -0.05) is 42.5 Å². The molecule has 6 aromatic rings. The molecule has 1 fully saturated rings. The molecule has 0 aliphatic carbocycles. The van der Waals surface area contributed by atoms with Gasteiger partial charge in [0.2, 0.25) is 11.8 Å². The monoisotopic (exact) mass is 584 g/mol. The van der Waals surface area contributed by atoms with Crippen LogP contribution in [0, 0.1) is 0 Å². The van der Waals surface area contributed by atoms with E-state index >= 15 is 0 Å². The number of hydrogen-bond acceptors (Lipinski definition) is 9. The number of benzene rings is 3. The summed E-state index contributed by atoms with van der Waals surface area (Å²) in [5.41, 5.74) is 4.93. The quantitative estimate of drug-likeness (QED) is 0.278. The van der Waals surface area contributed by atoms with Crippen LogP contribution in [-0.4, -0.2) is 60.9 Å². The lowest BCUT2D eigenvalue weighted by molar-refractivity contribution is 0.443. The molecule has 0 unspecified atom stereocenters. The van der Waals surface area contributed by atoms with Crippen LogP contribution in [-0.2, 0) is 7.05 Å². The Kier molecular flexibility index (Phi) is 7.29. The van der Waals surface area contributed by atoms with Crippen molar-refractivity contribution in [2.24, 2.45) is 7.05 Å². The lowest BCUT2D eigenvalue weighted by atomic mass is 9.99. The summed E-state index contributed by atoms with van der Waals surface area (Å²) in [4.78, 5) is 27.5. The molecule has 220 valence electrons. The standard InChI is InChI=1S/C33H32N10O/c1-41(25-16-18-34-19-17-25)24-14-12-23(13-15-24)36-33-35-21-22-20-29(27-10-6-7-11-28(27)30-38-40-42(2)39-30)32(44)43(31(22)37-33)26-8-4-3-5-9-26/h3-15,20-21,25,34H,16-19H2,1-2H3,(H,35,36,37). The largest absolute Gasteiger partial charge is 0.372 e. The minimum Gasteiger partial charge on any atom is -0.372 e. The number of aromatic nitrogens is 7. The molecule has 1 aliphatic heterocycles. The number of nitrogens with zero attached hydrogens (tertiary/aromatic N) is 8. The van der Waals surface area contributed by atoms with Gasteiger partial charge in [0.25, 0.3) is 5.56 Å². The molecule has 1 saturated heterocycles. The van der Waals surface area contributed by atoms with E-state index in [9.17, 15) is 4.79 Å². The van der Waals surface area contributed by atoms with Gasteiger partial charge in [-0.05, 0) is 79.2 Å². The van der Waals surface area contributed by atoms with Gasteiger partial charge in [-0.15, -0.1) is 10.2 Å². The third kappa shape index (κ3) is 5.29. The van der Waals surface area contributed by atoms with Crippen molar-refractivity contribution in [2.45, 2.75) is 18.9 Å². The fourth-order valence-corrected chi connectivity index (χ4v) is 5.79. The third-order valence-electron chi connectivity index (χ3n) is 8.11. The molecule has 0 radical (unpaired) electrons. The zero-order valence-corrected chi connectivity index (χ0v) is 24.6. The van der Waals surface area contributed by atoms with E-state index in [0.29, 0.717) is 45.8 Å². The number of anilines is 3. The number of fused-ring (bicyclic) bond motifs is 1. The second kappa shape index (κ2) is 11.7. The molecule has 0 amide bonds. The van der Waals surface area contributed by atoms with Crippen LogP contribution < -0.4 is 21.1 Å². The van der Waals surface area contributed by atoms with Crippen LogP contribution in [0.5, 0.6) is 0 Å². The fraction of sp³-hybridized carbons (Fsp3) is 0.212.